The van der Waals surface area contributed by atoms with Gasteiger partial charge in [-0.1, -0.05) is 6.07 Å². The fourth-order valence-corrected chi connectivity index (χ4v) is 2.46. The van der Waals surface area contributed by atoms with Crippen LogP contribution in [0, 0.1) is 0 Å². The molecule has 3 nitrogen and oxygen atoms in total. The number of benzene rings is 1. The zero-order valence-corrected chi connectivity index (χ0v) is 11.4. The molecule has 0 spiro atoms. The van der Waals surface area contributed by atoms with Crippen LogP contribution in [0.1, 0.15) is 37.8 Å². The number of amides is 1. The number of rotatable bonds is 2. The van der Waals surface area contributed by atoms with E-state index in [1.807, 2.05) is 6.07 Å². The Hall–Kier alpha value is -1.35. The Morgan fingerprint density at radius 3 is 2.44 bits per heavy atom. The van der Waals surface area contributed by atoms with Gasteiger partial charge >= 0.3 is 0 Å². The summed E-state index contributed by atoms with van der Waals surface area (Å²) in [5.74, 6) is -0.279. The molecule has 0 aliphatic heterocycles. The molecular formula is C15H21NO2. The van der Waals surface area contributed by atoms with Gasteiger partial charge in [-0.2, -0.15) is 0 Å². The first kappa shape index (κ1) is 13.1. The summed E-state index contributed by atoms with van der Waals surface area (Å²) in [6.07, 6.45) is 4.71. The minimum Gasteiger partial charge on any atom is -0.381 e. The first-order valence-corrected chi connectivity index (χ1v) is 6.52. The van der Waals surface area contributed by atoms with Crippen LogP contribution < -0.4 is 4.90 Å². The smallest absolute Gasteiger partial charge is 0.258 e. The maximum atomic E-state index is 12.0. The Morgan fingerprint density at radius 2 is 1.83 bits per heavy atom. The van der Waals surface area contributed by atoms with Gasteiger partial charge in [0.1, 0.15) is 5.60 Å². The van der Waals surface area contributed by atoms with Crippen LogP contribution in [-0.4, -0.2) is 23.7 Å². The Bertz CT molecular complexity index is 460. The van der Waals surface area contributed by atoms with Gasteiger partial charge in [-0.3, -0.25) is 4.79 Å². The molecule has 1 aromatic rings. The fraction of sp³-hybridized carbons (Fsp3) is 0.533. The van der Waals surface area contributed by atoms with Crippen molar-refractivity contribution in [3.8, 4) is 0 Å². The molecule has 1 amide bonds. The Kier molecular flexibility index (Phi) is 3.44. The van der Waals surface area contributed by atoms with Gasteiger partial charge in [0.25, 0.3) is 5.91 Å². The number of likely N-dealkylation sites (N-methyl/N-ethyl adjacent to an activating group) is 1. The van der Waals surface area contributed by atoms with E-state index in [0.717, 1.165) is 18.5 Å². The van der Waals surface area contributed by atoms with Crippen LogP contribution in [0.3, 0.4) is 0 Å². The SMILES string of the molecule is CN(C(=O)C(C)(C)O)c1ccc2c(c1)CCCC2. The second-order valence-corrected chi connectivity index (χ2v) is 5.58. The van der Waals surface area contributed by atoms with Crippen LogP contribution in [0.25, 0.3) is 0 Å². The van der Waals surface area contributed by atoms with Crippen LogP contribution in [0.15, 0.2) is 18.2 Å². The molecule has 0 saturated heterocycles. The lowest BCUT2D eigenvalue weighted by atomic mass is 9.91. The van der Waals surface area contributed by atoms with Gasteiger partial charge in [-0.05, 0) is 62.8 Å². The van der Waals surface area contributed by atoms with E-state index in [1.54, 1.807) is 7.05 Å². The number of aryl methyl sites for hydroxylation is 2. The quantitative estimate of drug-likeness (QED) is 0.871. The highest BCUT2D eigenvalue weighted by Crippen LogP contribution is 2.26. The molecular weight excluding hydrogens is 226 g/mol. The molecule has 0 radical (unpaired) electrons. The Balaban J connectivity index is 2.26. The van der Waals surface area contributed by atoms with Crippen molar-refractivity contribution in [1.82, 2.24) is 0 Å². The van der Waals surface area contributed by atoms with Gasteiger partial charge < -0.3 is 10.0 Å². The third kappa shape index (κ3) is 2.56. The number of fused-ring (bicyclic) bond motifs is 1. The molecule has 1 aliphatic rings. The van der Waals surface area contributed by atoms with E-state index in [0.29, 0.717) is 0 Å². The minimum atomic E-state index is -1.33. The van der Waals surface area contributed by atoms with Crippen LogP contribution >= 0.6 is 0 Å². The monoisotopic (exact) mass is 247 g/mol. The molecule has 0 fully saturated rings. The van der Waals surface area contributed by atoms with E-state index < -0.39 is 5.60 Å². The lowest BCUT2D eigenvalue weighted by Crippen LogP contribution is -2.43. The molecule has 0 bridgehead atoms. The highest BCUT2D eigenvalue weighted by molar-refractivity contribution is 5.98. The molecule has 1 N–H and O–H groups in total. The number of carbonyl (C=O) groups is 1. The molecule has 0 atom stereocenters. The van der Waals surface area contributed by atoms with Crippen molar-refractivity contribution in [2.24, 2.45) is 0 Å². The topological polar surface area (TPSA) is 40.5 Å². The second kappa shape index (κ2) is 4.73. The molecule has 2 rings (SSSR count). The van der Waals surface area contributed by atoms with Crippen LogP contribution in [0.2, 0.25) is 0 Å². The van der Waals surface area contributed by atoms with Crippen molar-refractivity contribution in [1.29, 1.82) is 0 Å². The first-order valence-electron chi connectivity index (χ1n) is 6.52. The molecule has 3 heteroatoms. The highest BCUT2D eigenvalue weighted by Gasteiger charge is 2.28. The number of anilines is 1. The van der Waals surface area contributed by atoms with Gasteiger partial charge in [0.05, 0.1) is 0 Å². The van der Waals surface area contributed by atoms with E-state index in [9.17, 15) is 9.90 Å². The lowest BCUT2D eigenvalue weighted by Gasteiger charge is -2.26. The number of hydrogen-bond donors (Lipinski definition) is 1. The maximum Gasteiger partial charge on any atom is 0.258 e. The van der Waals surface area contributed by atoms with E-state index in [2.05, 4.69) is 12.1 Å². The zero-order chi connectivity index (χ0) is 13.3. The highest BCUT2D eigenvalue weighted by atomic mass is 16.3. The maximum absolute atomic E-state index is 12.0. The summed E-state index contributed by atoms with van der Waals surface area (Å²) in [6.45, 7) is 3.04. The summed E-state index contributed by atoms with van der Waals surface area (Å²) in [7, 11) is 1.71. The molecule has 0 heterocycles. The summed E-state index contributed by atoms with van der Waals surface area (Å²) in [5.41, 5.74) is 2.27. The summed E-state index contributed by atoms with van der Waals surface area (Å²) < 4.78 is 0. The lowest BCUT2D eigenvalue weighted by molar-refractivity contribution is -0.133. The Labute approximate surface area is 108 Å². The largest absolute Gasteiger partial charge is 0.381 e. The van der Waals surface area contributed by atoms with Crippen molar-refractivity contribution < 1.29 is 9.90 Å². The van der Waals surface area contributed by atoms with Crippen molar-refractivity contribution in [2.45, 2.75) is 45.1 Å². The molecule has 1 aromatic carbocycles. The van der Waals surface area contributed by atoms with Crippen molar-refractivity contribution in [2.75, 3.05) is 11.9 Å². The van der Waals surface area contributed by atoms with Crippen LogP contribution in [-0.2, 0) is 17.6 Å². The third-order valence-corrected chi connectivity index (χ3v) is 3.55. The summed E-state index contributed by atoms with van der Waals surface area (Å²) >= 11 is 0. The first-order chi connectivity index (χ1) is 8.39. The van der Waals surface area contributed by atoms with E-state index >= 15 is 0 Å². The average Bonchev–Trinajstić information content (AvgIpc) is 2.35. The minimum absolute atomic E-state index is 0.279. The van der Waals surface area contributed by atoms with Crippen molar-refractivity contribution in [3.63, 3.8) is 0 Å². The zero-order valence-electron chi connectivity index (χ0n) is 11.4. The predicted octanol–water partition coefficient (Wildman–Crippen LogP) is 2.30. The van der Waals surface area contributed by atoms with E-state index in [1.165, 1.54) is 42.7 Å². The standard InChI is InChI=1S/C15H21NO2/c1-15(2,18)14(17)16(3)13-9-8-11-6-4-5-7-12(11)10-13/h8-10,18H,4-7H2,1-3H3. The normalized spacial score (nSPS) is 15.1. The molecule has 98 valence electrons. The van der Waals surface area contributed by atoms with Crippen LogP contribution in [0.4, 0.5) is 5.69 Å². The Morgan fingerprint density at radius 1 is 1.22 bits per heavy atom. The van der Waals surface area contributed by atoms with Crippen molar-refractivity contribution in [3.05, 3.63) is 29.3 Å². The van der Waals surface area contributed by atoms with E-state index in [-0.39, 0.29) is 5.91 Å². The summed E-state index contributed by atoms with van der Waals surface area (Å²) in [6, 6.07) is 6.16. The number of aliphatic hydroxyl groups is 1. The number of nitrogens with zero attached hydrogens (tertiary/aromatic N) is 1. The second-order valence-electron chi connectivity index (χ2n) is 5.58. The van der Waals surface area contributed by atoms with Crippen LogP contribution in [0.5, 0.6) is 0 Å². The fourth-order valence-electron chi connectivity index (χ4n) is 2.46. The van der Waals surface area contributed by atoms with Crippen molar-refractivity contribution >= 4 is 11.6 Å². The average molecular weight is 247 g/mol. The van der Waals surface area contributed by atoms with Gasteiger partial charge in [0.2, 0.25) is 0 Å². The third-order valence-electron chi connectivity index (χ3n) is 3.55. The summed E-state index contributed by atoms with van der Waals surface area (Å²) in [4.78, 5) is 13.5. The van der Waals surface area contributed by atoms with Gasteiger partial charge in [-0.15, -0.1) is 0 Å². The molecule has 0 saturated carbocycles. The number of carbonyl (C=O) groups excluding carboxylic acids is 1. The number of hydrogen-bond acceptors (Lipinski definition) is 2. The van der Waals surface area contributed by atoms with Gasteiger partial charge in [0, 0.05) is 12.7 Å². The summed E-state index contributed by atoms with van der Waals surface area (Å²) in [5, 5.41) is 9.77. The van der Waals surface area contributed by atoms with Gasteiger partial charge in [-0.25, -0.2) is 0 Å². The predicted molar refractivity (Wildman–Crippen MR) is 72.8 cm³/mol. The van der Waals surface area contributed by atoms with Gasteiger partial charge in [0.15, 0.2) is 0 Å². The molecule has 1 aliphatic carbocycles. The molecule has 0 aromatic heterocycles. The van der Waals surface area contributed by atoms with E-state index in [4.69, 9.17) is 0 Å². The molecule has 18 heavy (non-hydrogen) atoms. The molecule has 0 unspecified atom stereocenters.